The molecule has 1 spiro atoms. The zero-order valence-electron chi connectivity index (χ0n) is 14.9. The van der Waals surface area contributed by atoms with Gasteiger partial charge in [-0.1, -0.05) is 93.8 Å². The lowest BCUT2D eigenvalue weighted by atomic mass is 9.66. The van der Waals surface area contributed by atoms with Crippen molar-refractivity contribution in [3.05, 3.63) is 112 Å². The van der Waals surface area contributed by atoms with E-state index in [0.29, 0.717) is 0 Å². The van der Waals surface area contributed by atoms with Gasteiger partial charge in [0.05, 0.1) is 5.41 Å². The quantitative estimate of drug-likeness (QED) is 0.260. The summed E-state index contributed by atoms with van der Waals surface area (Å²) in [5, 5.41) is 0. The number of hydrogen-bond donors (Lipinski definition) is 0. The molecule has 2 aliphatic rings. The summed E-state index contributed by atoms with van der Waals surface area (Å²) < 4.78 is 1.10. The van der Waals surface area contributed by atoms with Crippen molar-refractivity contribution in [3.63, 3.8) is 0 Å². The summed E-state index contributed by atoms with van der Waals surface area (Å²) in [6.07, 6.45) is 0. The minimum atomic E-state index is -0.345. The van der Waals surface area contributed by atoms with Crippen LogP contribution in [0.25, 0.3) is 11.1 Å². The molecule has 1 aliphatic heterocycles. The molecule has 3 heteroatoms. The maximum Gasteiger partial charge on any atom is 0.113 e. The van der Waals surface area contributed by atoms with E-state index in [2.05, 4.69) is 94.8 Å². The van der Waals surface area contributed by atoms with Crippen LogP contribution in [0.4, 0.5) is 0 Å². The molecule has 0 amide bonds. The van der Waals surface area contributed by atoms with E-state index in [1.165, 1.54) is 43.2 Å². The molecule has 28 heavy (non-hydrogen) atoms. The number of hydrogen-bond acceptors (Lipinski definition) is 1. The summed E-state index contributed by atoms with van der Waals surface area (Å²) in [5.74, 6) is 0. The second-order valence-corrected chi connectivity index (χ2v) is 9.34. The van der Waals surface area contributed by atoms with Crippen LogP contribution >= 0.6 is 27.7 Å². The van der Waals surface area contributed by atoms with Crippen LogP contribution in [0, 0.1) is 0 Å². The van der Waals surface area contributed by atoms with Gasteiger partial charge in [0, 0.05) is 14.3 Å². The Bertz CT molecular complexity index is 1180. The maximum absolute atomic E-state index is 6.30. The highest BCUT2D eigenvalue weighted by atomic mass is 79.9. The van der Waals surface area contributed by atoms with Gasteiger partial charge in [-0.2, -0.15) is 0 Å². The normalized spacial score (nSPS) is 14.9. The van der Waals surface area contributed by atoms with Crippen LogP contribution in [0.3, 0.4) is 0 Å². The predicted molar refractivity (Wildman–Crippen MR) is 121 cm³/mol. The largest absolute Gasteiger partial charge is 0.113 e. The Kier molecular flexibility index (Phi) is 3.51. The van der Waals surface area contributed by atoms with E-state index < -0.39 is 0 Å². The fourth-order valence-corrected chi connectivity index (χ4v) is 6.41. The number of benzene rings is 4. The zero-order chi connectivity index (χ0) is 18.9. The number of halogens is 1. The molecule has 1 aliphatic carbocycles. The standard InChI is InChI=1S/C25H14BBrS/c26-15-9-11-23-21(13-15)25(22-14-16(27)10-12-24(22)28-23)19-7-3-1-5-17(19)18-6-2-4-8-20(18)25/h1-14H. The van der Waals surface area contributed by atoms with Crippen molar-refractivity contribution in [2.24, 2.45) is 0 Å². The number of fused-ring (bicyclic) bond motifs is 9. The molecule has 0 unspecified atom stereocenters. The summed E-state index contributed by atoms with van der Waals surface area (Å²) in [5.41, 5.74) is 8.35. The van der Waals surface area contributed by atoms with Crippen LogP contribution < -0.4 is 5.46 Å². The minimum absolute atomic E-state index is 0.345. The molecule has 0 aromatic heterocycles. The molecule has 4 aromatic rings. The average Bonchev–Trinajstić information content (AvgIpc) is 3.01. The van der Waals surface area contributed by atoms with Crippen LogP contribution in [0.2, 0.25) is 0 Å². The highest BCUT2D eigenvalue weighted by molar-refractivity contribution is 9.10. The van der Waals surface area contributed by atoms with Crippen molar-refractivity contribution in [1.82, 2.24) is 0 Å². The molecule has 0 fully saturated rings. The Morgan fingerprint density at radius 2 is 1.21 bits per heavy atom. The highest BCUT2D eigenvalue weighted by Gasteiger charge is 2.50. The van der Waals surface area contributed by atoms with E-state index in [0.717, 1.165) is 9.94 Å². The van der Waals surface area contributed by atoms with E-state index in [-0.39, 0.29) is 5.41 Å². The van der Waals surface area contributed by atoms with Crippen molar-refractivity contribution < 1.29 is 0 Å². The molecule has 6 rings (SSSR count). The van der Waals surface area contributed by atoms with E-state index in [1.807, 2.05) is 17.8 Å². The van der Waals surface area contributed by atoms with E-state index >= 15 is 0 Å². The first-order valence-electron chi connectivity index (χ1n) is 9.27. The Morgan fingerprint density at radius 1 is 0.643 bits per heavy atom. The van der Waals surface area contributed by atoms with Gasteiger partial charge in [0.15, 0.2) is 0 Å². The lowest BCUT2D eigenvalue weighted by Crippen LogP contribution is -2.33. The molecule has 130 valence electrons. The van der Waals surface area contributed by atoms with Gasteiger partial charge in [-0.3, -0.25) is 0 Å². The molecule has 0 saturated heterocycles. The minimum Gasteiger partial charge on any atom is -0.0963 e. The SMILES string of the molecule is [B]c1ccc2c(c1)C1(c3cc(Br)ccc3S2)c2ccccc2-c2ccccc21. The molecular weight excluding hydrogens is 423 g/mol. The lowest BCUT2D eigenvalue weighted by molar-refractivity contribution is 0.722. The second-order valence-electron chi connectivity index (χ2n) is 7.34. The van der Waals surface area contributed by atoms with Gasteiger partial charge in [0.25, 0.3) is 0 Å². The van der Waals surface area contributed by atoms with Crippen molar-refractivity contribution >= 4 is 41.0 Å². The monoisotopic (exact) mass is 436 g/mol. The van der Waals surface area contributed by atoms with Crippen molar-refractivity contribution in [2.75, 3.05) is 0 Å². The van der Waals surface area contributed by atoms with Crippen LogP contribution in [0.5, 0.6) is 0 Å². The van der Waals surface area contributed by atoms with Crippen molar-refractivity contribution in [3.8, 4) is 11.1 Å². The summed E-state index contributed by atoms with van der Waals surface area (Å²) in [6, 6.07) is 30.6. The summed E-state index contributed by atoms with van der Waals surface area (Å²) in [4.78, 5) is 2.57. The maximum atomic E-state index is 6.30. The summed E-state index contributed by atoms with van der Waals surface area (Å²) in [7, 11) is 6.30. The Hall–Kier alpha value is -2.23. The highest BCUT2D eigenvalue weighted by Crippen LogP contribution is 2.62. The van der Waals surface area contributed by atoms with Crippen molar-refractivity contribution in [1.29, 1.82) is 0 Å². The Labute approximate surface area is 178 Å². The van der Waals surface area contributed by atoms with Crippen molar-refractivity contribution in [2.45, 2.75) is 15.2 Å². The fraction of sp³-hybridized carbons (Fsp3) is 0.0400. The van der Waals surface area contributed by atoms with Crippen LogP contribution in [0.1, 0.15) is 22.3 Å². The molecule has 0 saturated carbocycles. The van der Waals surface area contributed by atoms with E-state index in [4.69, 9.17) is 7.85 Å². The molecule has 0 bridgehead atoms. The van der Waals surface area contributed by atoms with Crippen LogP contribution in [-0.4, -0.2) is 7.85 Å². The molecule has 0 nitrogen and oxygen atoms in total. The first-order valence-corrected chi connectivity index (χ1v) is 10.9. The molecular formula is C25H14BBrS. The zero-order valence-corrected chi connectivity index (χ0v) is 17.3. The molecule has 0 atom stereocenters. The molecule has 1 heterocycles. The van der Waals surface area contributed by atoms with Gasteiger partial charge in [-0.25, -0.2) is 0 Å². The second kappa shape index (κ2) is 5.89. The van der Waals surface area contributed by atoms with Gasteiger partial charge in [-0.15, -0.1) is 0 Å². The molecule has 4 aromatic carbocycles. The first-order chi connectivity index (χ1) is 13.7. The smallest absolute Gasteiger partial charge is 0.0963 e. The molecule has 2 radical (unpaired) electrons. The van der Waals surface area contributed by atoms with E-state index in [9.17, 15) is 0 Å². The fourth-order valence-electron chi connectivity index (χ4n) is 4.89. The van der Waals surface area contributed by atoms with Gasteiger partial charge < -0.3 is 0 Å². The molecule has 0 N–H and O–H groups in total. The predicted octanol–water partition coefficient (Wildman–Crippen LogP) is 6.07. The van der Waals surface area contributed by atoms with Gasteiger partial charge in [-0.05, 0) is 57.6 Å². The average molecular weight is 437 g/mol. The third-order valence-electron chi connectivity index (χ3n) is 5.93. The van der Waals surface area contributed by atoms with E-state index in [1.54, 1.807) is 0 Å². The summed E-state index contributed by atoms with van der Waals surface area (Å²) >= 11 is 5.55. The van der Waals surface area contributed by atoms with Gasteiger partial charge in [0.2, 0.25) is 0 Å². The van der Waals surface area contributed by atoms with Crippen LogP contribution in [0.15, 0.2) is 99.2 Å². The Morgan fingerprint density at radius 3 is 1.89 bits per heavy atom. The van der Waals surface area contributed by atoms with Gasteiger partial charge >= 0.3 is 0 Å². The third-order valence-corrected chi connectivity index (χ3v) is 7.57. The topological polar surface area (TPSA) is 0 Å². The van der Waals surface area contributed by atoms with Crippen LogP contribution in [-0.2, 0) is 5.41 Å². The van der Waals surface area contributed by atoms with Gasteiger partial charge in [0.1, 0.15) is 7.85 Å². The number of rotatable bonds is 0. The summed E-state index contributed by atoms with van der Waals surface area (Å²) in [6.45, 7) is 0. The lowest BCUT2D eigenvalue weighted by Gasteiger charge is -2.40. The first kappa shape index (κ1) is 16.7. The Balaban J connectivity index is 1.86. The third kappa shape index (κ3) is 2.04.